The summed E-state index contributed by atoms with van der Waals surface area (Å²) in [5.41, 5.74) is -0.664. The fourth-order valence-electron chi connectivity index (χ4n) is 1.67. The van der Waals surface area contributed by atoms with E-state index in [-0.39, 0.29) is 4.21 Å². The van der Waals surface area contributed by atoms with Gasteiger partial charge in [0.25, 0.3) is 10.0 Å². The first kappa shape index (κ1) is 15.9. The van der Waals surface area contributed by atoms with Crippen molar-refractivity contribution in [3.8, 4) is 0 Å². The number of halogens is 2. The number of anilines is 1. The maximum Gasteiger partial charge on any atom is 0.271 e. The molecule has 2 aromatic rings. The highest BCUT2D eigenvalue weighted by molar-refractivity contribution is 7.94. The first-order valence-electron chi connectivity index (χ1n) is 6.14. The third kappa shape index (κ3) is 3.78. The van der Waals surface area contributed by atoms with Crippen LogP contribution in [0.5, 0.6) is 0 Å². The van der Waals surface area contributed by atoms with Crippen molar-refractivity contribution in [3.05, 3.63) is 46.8 Å². The molecule has 0 fully saturated rings. The van der Waals surface area contributed by atoms with Crippen LogP contribution in [0.15, 0.2) is 34.5 Å². The van der Waals surface area contributed by atoms with Crippen LogP contribution in [0, 0.1) is 11.6 Å². The maximum absolute atomic E-state index is 13.5. The molecular formula is C13H14F2N2O2S2. The summed E-state index contributed by atoms with van der Waals surface area (Å²) in [5, 5.41) is 2.96. The van der Waals surface area contributed by atoms with Gasteiger partial charge >= 0.3 is 0 Å². The molecule has 0 aliphatic carbocycles. The molecule has 8 heteroatoms. The second kappa shape index (κ2) is 6.50. The van der Waals surface area contributed by atoms with E-state index in [4.69, 9.17) is 0 Å². The third-order valence-corrected chi connectivity index (χ3v) is 5.71. The highest BCUT2D eigenvalue weighted by Crippen LogP contribution is 2.26. The van der Waals surface area contributed by atoms with Crippen molar-refractivity contribution >= 4 is 27.0 Å². The molecule has 0 aliphatic rings. The molecule has 21 heavy (non-hydrogen) atoms. The number of benzene rings is 1. The van der Waals surface area contributed by atoms with Crippen molar-refractivity contribution in [3.63, 3.8) is 0 Å². The summed E-state index contributed by atoms with van der Waals surface area (Å²) in [4.78, 5) is 0.874. The Balaban J connectivity index is 2.24. The second-order valence-electron chi connectivity index (χ2n) is 4.28. The summed E-state index contributed by atoms with van der Waals surface area (Å²) >= 11 is 1.08. The Kier molecular flexibility index (Phi) is 4.92. The molecule has 4 nitrogen and oxygen atoms in total. The molecule has 0 bridgehead atoms. The van der Waals surface area contributed by atoms with E-state index in [0.717, 1.165) is 34.9 Å². The molecule has 0 aliphatic heterocycles. The molecule has 1 heterocycles. The van der Waals surface area contributed by atoms with Crippen molar-refractivity contribution in [2.24, 2.45) is 0 Å². The molecule has 0 radical (unpaired) electrons. The van der Waals surface area contributed by atoms with Crippen molar-refractivity contribution in [2.75, 3.05) is 18.3 Å². The van der Waals surface area contributed by atoms with E-state index >= 15 is 0 Å². The van der Waals surface area contributed by atoms with Gasteiger partial charge in [-0.15, -0.1) is 11.3 Å². The number of thiophene rings is 1. The molecule has 0 atom stereocenters. The molecule has 0 saturated heterocycles. The van der Waals surface area contributed by atoms with E-state index in [0.29, 0.717) is 6.42 Å². The smallest absolute Gasteiger partial charge is 0.271 e. The molecule has 2 N–H and O–H groups in total. The van der Waals surface area contributed by atoms with Gasteiger partial charge in [-0.3, -0.25) is 4.72 Å². The number of rotatable bonds is 6. The lowest BCUT2D eigenvalue weighted by molar-refractivity contribution is 0.583. The van der Waals surface area contributed by atoms with Crippen LogP contribution < -0.4 is 10.0 Å². The van der Waals surface area contributed by atoms with Gasteiger partial charge in [-0.25, -0.2) is 17.2 Å². The highest BCUT2D eigenvalue weighted by atomic mass is 32.2. The number of sulfonamides is 1. The molecule has 2 rings (SSSR count). The molecule has 0 saturated carbocycles. The predicted octanol–water partition coefficient (Wildman–Crippen LogP) is 2.59. The van der Waals surface area contributed by atoms with Gasteiger partial charge in [0.15, 0.2) is 0 Å². The number of para-hydroxylation sites is 1. The SMILES string of the molecule is CNCCc1ccc(S(=O)(=O)Nc2c(F)cccc2F)s1. The number of hydrogen-bond donors (Lipinski definition) is 2. The molecule has 0 unspecified atom stereocenters. The highest BCUT2D eigenvalue weighted by Gasteiger charge is 2.20. The van der Waals surface area contributed by atoms with Crippen LogP contribution in [0.2, 0.25) is 0 Å². The fourth-order valence-corrected chi connectivity index (χ4v) is 4.10. The Hall–Kier alpha value is -1.51. The zero-order chi connectivity index (χ0) is 15.5. The molecule has 0 amide bonds. The standard InChI is InChI=1S/C13H14F2N2O2S2/c1-16-8-7-9-5-6-12(20-9)21(18,19)17-13-10(14)3-2-4-11(13)15/h2-6,16-17H,7-8H2,1H3. The summed E-state index contributed by atoms with van der Waals surface area (Å²) in [6.45, 7) is 0.718. The van der Waals surface area contributed by atoms with E-state index in [1.807, 2.05) is 4.72 Å². The summed E-state index contributed by atoms with van der Waals surface area (Å²) in [7, 11) is -2.20. The lowest BCUT2D eigenvalue weighted by Gasteiger charge is -2.08. The van der Waals surface area contributed by atoms with Crippen LogP contribution in [0.4, 0.5) is 14.5 Å². The topological polar surface area (TPSA) is 58.2 Å². The van der Waals surface area contributed by atoms with Crippen molar-refractivity contribution in [1.82, 2.24) is 5.32 Å². The first-order valence-corrected chi connectivity index (χ1v) is 8.44. The summed E-state index contributed by atoms with van der Waals surface area (Å²) in [6.07, 6.45) is 0.685. The average Bonchev–Trinajstić information content (AvgIpc) is 2.90. The minimum atomic E-state index is -3.99. The van der Waals surface area contributed by atoms with Crippen molar-refractivity contribution in [2.45, 2.75) is 10.6 Å². The zero-order valence-corrected chi connectivity index (χ0v) is 12.8. The Labute approximate surface area is 125 Å². The van der Waals surface area contributed by atoms with E-state index < -0.39 is 27.3 Å². The van der Waals surface area contributed by atoms with Gasteiger partial charge in [-0.2, -0.15) is 0 Å². The largest absolute Gasteiger partial charge is 0.319 e. The molecule has 1 aromatic carbocycles. The van der Waals surface area contributed by atoms with Crippen LogP contribution in [0.3, 0.4) is 0 Å². The first-order chi connectivity index (χ1) is 9.94. The van der Waals surface area contributed by atoms with Gasteiger partial charge in [-0.05, 0) is 44.3 Å². The Morgan fingerprint density at radius 2 is 1.81 bits per heavy atom. The molecule has 1 aromatic heterocycles. The van der Waals surface area contributed by atoms with Crippen LogP contribution >= 0.6 is 11.3 Å². The van der Waals surface area contributed by atoms with Crippen molar-refractivity contribution < 1.29 is 17.2 Å². The van der Waals surface area contributed by atoms with Gasteiger partial charge in [0.2, 0.25) is 0 Å². The summed E-state index contributed by atoms with van der Waals surface area (Å²) in [5.74, 6) is -1.91. The van der Waals surface area contributed by atoms with Crippen molar-refractivity contribution in [1.29, 1.82) is 0 Å². The number of hydrogen-bond acceptors (Lipinski definition) is 4. The van der Waals surface area contributed by atoms with E-state index in [1.54, 1.807) is 13.1 Å². The van der Waals surface area contributed by atoms with Crippen LogP contribution in [0.1, 0.15) is 4.88 Å². The quantitative estimate of drug-likeness (QED) is 0.855. The van der Waals surface area contributed by atoms with Gasteiger partial charge in [0.1, 0.15) is 21.5 Å². The summed E-state index contributed by atoms with van der Waals surface area (Å²) in [6, 6.07) is 6.27. The summed E-state index contributed by atoms with van der Waals surface area (Å²) < 4.78 is 53.3. The van der Waals surface area contributed by atoms with Gasteiger partial charge < -0.3 is 5.32 Å². The van der Waals surface area contributed by atoms with Gasteiger partial charge in [-0.1, -0.05) is 6.07 Å². The number of likely N-dealkylation sites (N-methyl/N-ethyl adjacent to an activating group) is 1. The monoisotopic (exact) mass is 332 g/mol. The van der Waals surface area contributed by atoms with Gasteiger partial charge in [0, 0.05) is 4.88 Å². The minimum Gasteiger partial charge on any atom is -0.319 e. The van der Waals surface area contributed by atoms with Crippen LogP contribution in [-0.2, 0) is 16.4 Å². The third-order valence-electron chi connectivity index (χ3n) is 2.72. The maximum atomic E-state index is 13.5. The van der Waals surface area contributed by atoms with Crippen LogP contribution in [-0.4, -0.2) is 22.0 Å². The Morgan fingerprint density at radius 1 is 1.14 bits per heavy atom. The minimum absolute atomic E-state index is 0.0243. The molecular weight excluding hydrogens is 318 g/mol. The average molecular weight is 332 g/mol. The molecule has 114 valence electrons. The second-order valence-corrected chi connectivity index (χ2v) is 7.35. The predicted molar refractivity (Wildman–Crippen MR) is 79.1 cm³/mol. The van der Waals surface area contributed by atoms with E-state index in [2.05, 4.69) is 5.32 Å². The fraction of sp³-hybridized carbons (Fsp3) is 0.231. The van der Waals surface area contributed by atoms with Gasteiger partial charge in [0.05, 0.1) is 0 Å². The normalized spacial score (nSPS) is 11.6. The van der Waals surface area contributed by atoms with Crippen LogP contribution in [0.25, 0.3) is 0 Å². The lowest BCUT2D eigenvalue weighted by Crippen LogP contribution is -2.14. The Morgan fingerprint density at radius 3 is 2.43 bits per heavy atom. The zero-order valence-electron chi connectivity index (χ0n) is 11.2. The number of nitrogens with one attached hydrogen (secondary N) is 2. The Bertz CT molecular complexity index is 709. The molecule has 0 spiro atoms. The van der Waals surface area contributed by atoms with E-state index in [9.17, 15) is 17.2 Å². The lowest BCUT2D eigenvalue weighted by atomic mass is 10.3. The van der Waals surface area contributed by atoms with E-state index in [1.165, 1.54) is 12.1 Å².